The molecular weight excluding hydrogens is 368 g/mol. The second-order valence-electron chi connectivity index (χ2n) is 6.54. The first-order chi connectivity index (χ1) is 13.9. The van der Waals surface area contributed by atoms with Crippen molar-refractivity contribution in [2.45, 2.75) is 32.9 Å². The number of carbonyl (C=O) groups excluding carboxylic acids is 2. The van der Waals surface area contributed by atoms with Gasteiger partial charge in [-0.15, -0.1) is 0 Å². The van der Waals surface area contributed by atoms with Crippen molar-refractivity contribution in [3.63, 3.8) is 0 Å². The van der Waals surface area contributed by atoms with Crippen LogP contribution < -0.4 is 22.1 Å². The Kier molecular flexibility index (Phi) is 8.17. The fourth-order valence-corrected chi connectivity index (χ4v) is 2.62. The van der Waals surface area contributed by atoms with Gasteiger partial charge in [0, 0.05) is 11.9 Å². The van der Waals surface area contributed by atoms with Crippen LogP contribution in [0.15, 0.2) is 48.5 Å². The second-order valence-corrected chi connectivity index (χ2v) is 6.54. The van der Waals surface area contributed by atoms with Crippen LogP contribution in [0.5, 0.6) is 0 Å². The zero-order chi connectivity index (χ0) is 21.2. The molecule has 2 aromatic carbocycles. The number of rotatable bonds is 6. The SMILES string of the molecule is CC(NC(=O)CN)C(=O)NCc1ccc2c(N)n[nH]c2c1.CCc1ccccc1. The van der Waals surface area contributed by atoms with Gasteiger partial charge in [-0.3, -0.25) is 14.7 Å². The summed E-state index contributed by atoms with van der Waals surface area (Å²) < 4.78 is 0. The molecule has 29 heavy (non-hydrogen) atoms. The van der Waals surface area contributed by atoms with Crippen LogP contribution in [0.3, 0.4) is 0 Å². The minimum Gasteiger partial charge on any atom is -0.382 e. The lowest BCUT2D eigenvalue weighted by Crippen LogP contribution is -2.46. The van der Waals surface area contributed by atoms with E-state index in [1.54, 1.807) is 6.92 Å². The standard InChI is InChI=1S/C13H18N6O2.C8H10/c1-7(17-11(20)5-14)13(21)16-6-8-2-3-9-10(4-8)18-19-12(9)15;1-2-8-6-4-3-5-7-8/h2-4,7H,5-6,14H2,1H3,(H,16,21)(H,17,20)(H3,15,18,19);3-7H,2H2,1H3. The molecule has 0 saturated carbocycles. The molecule has 0 aliphatic heterocycles. The maximum absolute atomic E-state index is 11.8. The van der Waals surface area contributed by atoms with Crippen molar-refractivity contribution < 1.29 is 9.59 Å². The molecule has 0 aliphatic carbocycles. The smallest absolute Gasteiger partial charge is 0.242 e. The first kappa shape index (κ1) is 21.9. The minimum atomic E-state index is -0.632. The lowest BCUT2D eigenvalue weighted by Gasteiger charge is -2.13. The lowest BCUT2D eigenvalue weighted by atomic mass is 10.1. The Bertz CT molecular complexity index is 939. The molecule has 8 heteroatoms. The van der Waals surface area contributed by atoms with Crippen LogP contribution in [0.2, 0.25) is 0 Å². The molecule has 1 unspecified atom stereocenters. The van der Waals surface area contributed by atoms with E-state index in [0.29, 0.717) is 12.4 Å². The van der Waals surface area contributed by atoms with E-state index in [4.69, 9.17) is 11.5 Å². The monoisotopic (exact) mass is 396 g/mol. The summed E-state index contributed by atoms with van der Waals surface area (Å²) in [4.78, 5) is 22.9. The first-order valence-electron chi connectivity index (χ1n) is 9.48. The molecular formula is C21H28N6O2. The van der Waals surface area contributed by atoms with Gasteiger partial charge in [-0.05, 0) is 36.6 Å². The Morgan fingerprint density at radius 1 is 1.14 bits per heavy atom. The third kappa shape index (κ3) is 6.62. The van der Waals surface area contributed by atoms with Crippen molar-refractivity contribution in [3.05, 3.63) is 59.7 Å². The predicted molar refractivity (Wildman–Crippen MR) is 115 cm³/mol. The van der Waals surface area contributed by atoms with E-state index in [1.165, 1.54) is 5.56 Å². The molecule has 2 amide bonds. The maximum atomic E-state index is 11.8. The average molecular weight is 396 g/mol. The summed E-state index contributed by atoms with van der Waals surface area (Å²) in [7, 11) is 0. The van der Waals surface area contributed by atoms with E-state index in [-0.39, 0.29) is 18.4 Å². The summed E-state index contributed by atoms with van der Waals surface area (Å²) in [5.74, 6) is -0.202. The highest BCUT2D eigenvalue weighted by Gasteiger charge is 2.14. The number of aryl methyl sites for hydroxylation is 1. The summed E-state index contributed by atoms with van der Waals surface area (Å²) in [5.41, 5.74) is 14.0. The van der Waals surface area contributed by atoms with Crippen molar-refractivity contribution in [1.82, 2.24) is 20.8 Å². The van der Waals surface area contributed by atoms with E-state index in [0.717, 1.165) is 22.9 Å². The molecule has 0 bridgehead atoms. The summed E-state index contributed by atoms with van der Waals surface area (Å²) >= 11 is 0. The number of carbonyl (C=O) groups is 2. The largest absolute Gasteiger partial charge is 0.382 e. The molecule has 0 spiro atoms. The van der Waals surface area contributed by atoms with Crippen LogP contribution in [0.1, 0.15) is 25.0 Å². The number of nitrogens with two attached hydrogens (primary N) is 2. The normalized spacial score (nSPS) is 11.3. The third-order valence-corrected chi connectivity index (χ3v) is 4.33. The number of hydrogen-bond acceptors (Lipinski definition) is 5. The number of aromatic amines is 1. The Morgan fingerprint density at radius 3 is 2.48 bits per heavy atom. The molecule has 0 fully saturated rings. The summed E-state index contributed by atoms with van der Waals surface area (Å²) in [6, 6.07) is 15.4. The number of nitrogens with one attached hydrogen (secondary N) is 3. The van der Waals surface area contributed by atoms with Crippen LogP contribution in [-0.2, 0) is 22.6 Å². The summed E-state index contributed by atoms with van der Waals surface area (Å²) in [6.07, 6.45) is 1.14. The molecule has 0 aliphatic rings. The molecule has 8 nitrogen and oxygen atoms in total. The number of nitrogens with zero attached hydrogens (tertiary/aromatic N) is 1. The molecule has 0 radical (unpaired) electrons. The highest BCUT2D eigenvalue weighted by atomic mass is 16.2. The number of nitrogen functional groups attached to an aromatic ring is 1. The summed E-state index contributed by atoms with van der Waals surface area (Å²) in [5, 5.41) is 12.8. The van der Waals surface area contributed by atoms with Gasteiger partial charge in [-0.1, -0.05) is 43.3 Å². The van der Waals surface area contributed by atoms with E-state index in [1.807, 2.05) is 24.3 Å². The van der Waals surface area contributed by atoms with Gasteiger partial charge in [0.05, 0.1) is 12.1 Å². The van der Waals surface area contributed by atoms with Crippen LogP contribution in [0, 0.1) is 0 Å². The second kappa shape index (κ2) is 10.8. The fraction of sp³-hybridized carbons (Fsp3) is 0.286. The number of hydrogen-bond donors (Lipinski definition) is 5. The average Bonchev–Trinajstić information content (AvgIpc) is 3.13. The van der Waals surface area contributed by atoms with Gasteiger partial charge in [0.25, 0.3) is 0 Å². The van der Waals surface area contributed by atoms with E-state index in [2.05, 4.69) is 52.0 Å². The topological polar surface area (TPSA) is 139 Å². The minimum absolute atomic E-state index is 0.143. The predicted octanol–water partition coefficient (Wildman–Crippen LogP) is 1.47. The number of benzene rings is 2. The molecule has 1 aromatic heterocycles. The molecule has 3 aromatic rings. The number of amides is 2. The highest BCUT2D eigenvalue weighted by Crippen LogP contribution is 2.18. The van der Waals surface area contributed by atoms with Crippen LogP contribution in [0.4, 0.5) is 5.82 Å². The van der Waals surface area contributed by atoms with Gasteiger partial charge >= 0.3 is 0 Å². The Morgan fingerprint density at radius 2 is 1.86 bits per heavy atom. The van der Waals surface area contributed by atoms with Gasteiger partial charge in [-0.2, -0.15) is 5.10 Å². The Hall–Kier alpha value is -3.39. The highest BCUT2D eigenvalue weighted by molar-refractivity contribution is 5.89. The van der Waals surface area contributed by atoms with E-state index >= 15 is 0 Å². The van der Waals surface area contributed by atoms with Crippen molar-refractivity contribution in [3.8, 4) is 0 Å². The van der Waals surface area contributed by atoms with Gasteiger partial charge in [-0.25, -0.2) is 0 Å². The summed E-state index contributed by atoms with van der Waals surface area (Å²) in [6.45, 7) is 3.96. The van der Waals surface area contributed by atoms with Gasteiger partial charge in [0.1, 0.15) is 6.04 Å². The molecule has 0 saturated heterocycles. The first-order valence-corrected chi connectivity index (χ1v) is 9.48. The number of fused-ring (bicyclic) bond motifs is 1. The van der Waals surface area contributed by atoms with Crippen molar-refractivity contribution in [2.24, 2.45) is 5.73 Å². The van der Waals surface area contributed by atoms with Gasteiger partial charge in [0.2, 0.25) is 11.8 Å². The van der Waals surface area contributed by atoms with E-state index in [9.17, 15) is 9.59 Å². The Balaban J connectivity index is 0.000000313. The number of aromatic nitrogens is 2. The molecule has 3 rings (SSSR count). The fourth-order valence-electron chi connectivity index (χ4n) is 2.62. The maximum Gasteiger partial charge on any atom is 0.242 e. The van der Waals surface area contributed by atoms with E-state index < -0.39 is 6.04 Å². The number of anilines is 1. The van der Waals surface area contributed by atoms with Crippen LogP contribution in [-0.4, -0.2) is 34.6 Å². The van der Waals surface area contributed by atoms with Crippen molar-refractivity contribution >= 4 is 28.5 Å². The lowest BCUT2D eigenvalue weighted by molar-refractivity contribution is -0.128. The van der Waals surface area contributed by atoms with Gasteiger partial charge in [0.15, 0.2) is 5.82 Å². The van der Waals surface area contributed by atoms with Crippen molar-refractivity contribution in [2.75, 3.05) is 12.3 Å². The molecule has 1 heterocycles. The third-order valence-electron chi connectivity index (χ3n) is 4.33. The quantitative estimate of drug-likeness (QED) is 0.429. The zero-order valence-electron chi connectivity index (χ0n) is 16.7. The van der Waals surface area contributed by atoms with Gasteiger partial charge < -0.3 is 22.1 Å². The van der Waals surface area contributed by atoms with Crippen LogP contribution in [0.25, 0.3) is 10.9 Å². The molecule has 1 atom stereocenters. The molecule has 154 valence electrons. The number of H-pyrrole nitrogens is 1. The molecule has 7 N–H and O–H groups in total. The van der Waals surface area contributed by atoms with Crippen LogP contribution >= 0.6 is 0 Å². The zero-order valence-corrected chi connectivity index (χ0v) is 16.7. The van der Waals surface area contributed by atoms with Crippen molar-refractivity contribution in [1.29, 1.82) is 0 Å². The Labute approximate surface area is 170 Å².